The van der Waals surface area contributed by atoms with Crippen molar-refractivity contribution in [2.75, 3.05) is 19.1 Å². The molecule has 1 unspecified atom stereocenters. The van der Waals surface area contributed by atoms with Crippen molar-refractivity contribution in [3.8, 4) is 11.5 Å². The van der Waals surface area contributed by atoms with Crippen molar-refractivity contribution in [2.45, 2.75) is 13.0 Å². The van der Waals surface area contributed by atoms with Gasteiger partial charge >= 0.3 is 5.97 Å². The SMILES string of the molecule is CCOC(=O)C1Oc2ccc(OC)cc2C=C1/C=N/Nc1ccccc1. The summed E-state index contributed by atoms with van der Waals surface area (Å²) in [5.74, 6) is 0.847. The fraction of sp³-hybridized carbons (Fsp3) is 0.200. The van der Waals surface area contributed by atoms with E-state index in [4.69, 9.17) is 14.2 Å². The van der Waals surface area contributed by atoms with Gasteiger partial charge in [-0.1, -0.05) is 18.2 Å². The summed E-state index contributed by atoms with van der Waals surface area (Å²) in [7, 11) is 1.60. The van der Waals surface area contributed by atoms with Crippen molar-refractivity contribution >= 4 is 23.9 Å². The van der Waals surface area contributed by atoms with Crippen LogP contribution in [0.4, 0.5) is 5.69 Å². The van der Waals surface area contributed by atoms with E-state index in [2.05, 4.69) is 10.5 Å². The summed E-state index contributed by atoms with van der Waals surface area (Å²) in [6.07, 6.45) is 2.55. The molecule has 0 amide bonds. The molecular formula is C20H20N2O4. The van der Waals surface area contributed by atoms with Crippen LogP contribution in [0.3, 0.4) is 0 Å². The number of anilines is 1. The Kier molecular flexibility index (Phi) is 5.53. The summed E-state index contributed by atoms with van der Waals surface area (Å²) < 4.78 is 16.2. The van der Waals surface area contributed by atoms with Crippen LogP contribution in [0.25, 0.3) is 6.08 Å². The van der Waals surface area contributed by atoms with Crippen molar-refractivity contribution in [3.05, 3.63) is 59.7 Å². The molecular weight excluding hydrogens is 332 g/mol. The molecule has 134 valence electrons. The lowest BCUT2D eigenvalue weighted by Crippen LogP contribution is -2.34. The van der Waals surface area contributed by atoms with Gasteiger partial charge in [0.25, 0.3) is 0 Å². The Morgan fingerprint density at radius 1 is 1.27 bits per heavy atom. The van der Waals surface area contributed by atoms with Crippen LogP contribution >= 0.6 is 0 Å². The van der Waals surface area contributed by atoms with Gasteiger partial charge in [-0.05, 0) is 43.3 Å². The number of hydrogen-bond donors (Lipinski definition) is 1. The van der Waals surface area contributed by atoms with Gasteiger partial charge in [0.2, 0.25) is 6.10 Å². The maximum absolute atomic E-state index is 12.3. The number of nitrogens with one attached hydrogen (secondary N) is 1. The standard InChI is InChI=1S/C20H20N2O4/c1-3-25-20(23)19-15(13-21-22-16-7-5-4-6-8-16)11-14-12-17(24-2)9-10-18(14)26-19/h4-13,19,22H,3H2,1-2H3/b21-13+. The van der Waals surface area contributed by atoms with Gasteiger partial charge in [0.1, 0.15) is 11.5 Å². The van der Waals surface area contributed by atoms with Gasteiger partial charge in [-0.3, -0.25) is 5.43 Å². The third-order valence-electron chi connectivity index (χ3n) is 3.77. The van der Waals surface area contributed by atoms with Gasteiger partial charge < -0.3 is 14.2 Å². The molecule has 0 bridgehead atoms. The average Bonchev–Trinajstić information content (AvgIpc) is 2.68. The zero-order valence-electron chi connectivity index (χ0n) is 14.6. The Morgan fingerprint density at radius 2 is 2.08 bits per heavy atom. The molecule has 0 saturated carbocycles. The number of rotatable bonds is 6. The van der Waals surface area contributed by atoms with Gasteiger partial charge in [0.05, 0.1) is 25.6 Å². The third kappa shape index (κ3) is 4.03. The largest absolute Gasteiger partial charge is 0.497 e. The first-order valence-electron chi connectivity index (χ1n) is 8.28. The highest BCUT2D eigenvalue weighted by Gasteiger charge is 2.30. The third-order valence-corrected chi connectivity index (χ3v) is 3.77. The van der Waals surface area contributed by atoms with Crippen LogP contribution in [0.1, 0.15) is 12.5 Å². The average molecular weight is 352 g/mol. The Balaban J connectivity index is 1.87. The lowest BCUT2D eigenvalue weighted by molar-refractivity contribution is -0.149. The molecule has 1 atom stereocenters. The summed E-state index contributed by atoms with van der Waals surface area (Å²) in [6.45, 7) is 2.04. The lowest BCUT2D eigenvalue weighted by atomic mass is 10.0. The van der Waals surface area contributed by atoms with E-state index in [0.717, 1.165) is 11.3 Å². The molecule has 1 N–H and O–H groups in total. The van der Waals surface area contributed by atoms with Gasteiger partial charge in [0.15, 0.2) is 0 Å². The smallest absolute Gasteiger partial charge is 0.352 e. The van der Waals surface area contributed by atoms with E-state index in [1.807, 2.05) is 42.5 Å². The van der Waals surface area contributed by atoms with Crippen LogP contribution in [0.15, 0.2) is 59.2 Å². The minimum Gasteiger partial charge on any atom is -0.497 e. The second kappa shape index (κ2) is 8.20. The van der Waals surface area contributed by atoms with Crippen LogP contribution < -0.4 is 14.9 Å². The minimum atomic E-state index is -0.864. The van der Waals surface area contributed by atoms with E-state index in [-0.39, 0.29) is 6.61 Å². The second-order valence-electron chi connectivity index (χ2n) is 5.53. The van der Waals surface area contributed by atoms with Crippen molar-refractivity contribution in [2.24, 2.45) is 5.10 Å². The number of hydrazone groups is 1. The molecule has 1 heterocycles. The van der Waals surface area contributed by atoms with E-state index < -0.39 is 12.1 Å². The first-order valence-corrected chi connectivity index (χ1v) is 8.28. The van der Waals surface area contributed by atoms with Crippen LogP contribution in [-0.2, 0) is 9.53 Å². The number of fused-ring (bicyclic) bond motifs is 1. The van der Waals surface area contributed by atoms with Crippen LogP contribution in [0, 0.1) is 0 Å². The quantitative estimate of drug-likeness (QED) is 0.489. The molecule has 2 aromatic carbocycles. The van der Waals surface area contributed by atoms with Crippen LogP contribution in [0.2, 0.25) is 0 Å². The molecule has 0 aromatic heterocycles. The number of hydrogen-bond acceptors (Lipinski definition) is 6. The summed E-state index contributed by atoms with van der Waals surface area (Å²) in [4.78, 5) is 12.3. The first-order chi connectivity index (χ1) is 12.7. The van der Waals surface area contributed by atoms with Crippen molar-refractivity contribution in [1.29, 1.82) is 0 Å². The van der Waals surface area contributed by atoms with E-state index >= 15 is 0 Å². The summed E-state index contributed by atoms with van der Waals surface area (Å²) >= 11 is 0. The Labute approximate surface area is 152 Å². The molecule has 6 nitrogen and oxygen atoms in total. The number of benzene rings is 2. The Bertz CT molecular complexity index is 831. The topological polar surface area (TPSA) is 69.2 Å². The highest BCUT2D eigenvalue weighted by atomic mass is 16.6. The monoisotopic (exact) mass is 352 g/mol. The Morgan fingerprint density at radius 3 is 2.81 bits per heavy atom. The summed E-state index contributed by atoms with van der Waals surface area (Å²) in [5.41, 5.74) is 5.17. The predicted molar refractivity (Wildman–Crippen MR) is 101 cm³/mol. The number of para-hydroxylation sites is 1. The van der Waals surface area contributed by atoms with Crippen molar-refractivity contribution < 1.29 is 19.0 Å². The van der Waals surface area contributed by atoms with E-state index in [1.54, 1.807) is 32.4 Å². The first kappa shape index (κ1) is 17.5. The van der Waals surface area contributed by atoms with Gasteiger partial charge in [0, 0.05) is 11.1 Å². The van der Waals surface area contributed by atoms with Gasteiger partial charge in [-0.2, -0.15) is 5.10 Å². The molecule has 6 heteroatoms. The molecule has 0 saturated heterocycles. The molecule has 3 rings (SSSR count). The molecule has 1 aliphatic heterocycles. The van der Waals surface area contributed by atoms with Crippen molar-refractivity contribution in [1.82, 2.24) is 0 Å². The number of nitrogens with zero attached hydrogens (tertiary/aromatic N) is 1. The highest BCUT2D eigenvalue weighted by Crippen LogP contribution is 2.32. The van der Waals surface area contributed by atoms with Gasteiger partial charge in [-0.25, -0.2) is 4.79 Å². The second-order valence-corrected chi connectivity index (χ2v) is 5.53. The zero-order valence-corrected chi connectivity index (χ0v) is 14.6. The number of esters is 1. The fourth-order valence-electron chi connectivity index (χ4n) is 2.53. The number of methoxy groups -OCH3 is 1. The normalized spacial score (nSPS) is 15.6. The van der Waals surface area contributed by atoms with E-state index in [0.29, 0.717) is 17.1 Å². The predicted octanol–water partition coefficient (Wildman–Crippen LogP) is 3.50. The van der Waals surface area contributed by atoms with Gasteiger partial charge in [-0.15, -0.1) is 0 Å². The molecule has 2 aromatic rings. The highest BCUT2D eigenvalue weighted by molar-refractivity contribution is 5.97. The zero-order chi connectivity index (χ0) is 18.4. The maximum atomic E-state index is 12.3. The molecule has 0 radical (unpaired) electrons. The van der Waals surface area contributed by atoms with Crippen LogP contribution in [0.5, 0.6) is 11.5 Å². The number of carbonyl (C=O) groups is 1. The minimum absolute atomic E-state index is 0.279. The summed E-state index contributed by atoms with van der Waals surface area (Å²) in [6, 6.07) is 14.9. The van der Waals surface area contributed by atoms with E-state index in [1.165, 1.54) is 0 Å². The fourth-order valence-corrected chi connectivity index (χ4v) is 2.53. The Hall–Kier alpha value is -3.28. The summed E-state index contributed by atoms with van der Waals surface area (Å²) in [5, 5.41) is 4.21. The van der Waals surface area contributed by atoms with Crippen LogP contribution in [-0.4, -0.2) is 32.0 Å². The lowest BCUT2D eigenvalue weighted by Gasteiger charge is -2.24. The molecule has 0 aliphatic carbocycles. The molecule has 0 spiro atoms. The molecule has 26 heavy (non-hydrogen) atoms. The molecule has 1 aliphatic rings. The number of ether oxygens (including phenoxy) is 3. The van der Waals surface area contributed by atoms with E-state index in [9.17, 15) is 4.79 Å². The maximum Gasteiger partial charge on any atom is 0.352 e. The number of carbonyl (C=O) groups excluding carboxylic acids is 1. The van der Waals surface area contributed by atoms with Crippen molar-refractivity contribution in [3.63, 3.8) is 0 Å². The molecule has 0 fully saturated rings.